The van der Waals surface area contributed by atoms with Crippen molar-refractivity contribution in [2.24, 2.45) is 0 Å². The summed E-state index contributed by atoms with van der Waals surface area (Å²) in [6, 6.07) is 1.84. The van der Waals surface area contributed by atoms with Crippen LogP contribution in [-0.4, -0.2) is 95.1 Å². The van der Waals surface area contributed by atoms with Crippen LogP contribution in [0.15, 0.2) is 12.3 Å². The third kappa shape index (κ3) is 5.09. The molecule has 9 heteroatoms. The van der Waals surface area contributed by atoms with E-state index in [1.54, 1.807) is 17.2 Å². The van der Waals surface area contributed by atoms with Crippen LogP contribution in [-0.2, 0) is 4.74 Å². The Morgan fingerprint density at radius 2 is 1.82 bits per heavy atom. The summed E-state index contributed by atoms with van der Waals surface area (Å²) in [7, 11) is 0. The highest BCUT2D eigenvalue weighted by atomic mass is 16.6. The van der Waals surface area contributed by atoms with Gasteiger partial charge in [-0.2, -0.15) is 0 Å². The smallest absolute Gasteiger partial charge is 0.409 e. The quantitative estimate of drug-likeness (QED) is 0.810. The second-order valence-electron chi connectivity index (χ2n) is 7.10. The Hall–Kier alpha value is -2.42. The van der Waals surface area contributed by atoms with Crippen molar-refractivity contribution in [2.75, 3.05) is 57.7 Å². The SMILES string of the molecule is CCOC(=O)N1CCC(Nc2nccc(C(=O)N3CCN(CC)CC3)n2)CC1. The number of carbonyl (C=O) groups excluding carboxylic acids is 2. The van der Waals surface area contributed by atoms with Gasteiger partial charge in [0.15, 0.2) is 0 Å². The molecule has 0 atom stereocenters. The Labute approximate surface area is 166 Å². The predicted octanol–water partition coefficient (Wildman–Crippen LogP) is 1.29. The lowest BCUT2D eigenvalue weighted by Crippen LogP contribution is -2.48. The number of likely N-dealkylation sites (N-methyl/N-ethyl adjacent to an activating group) is 1. The number of hydrogen-bond donors (Lipinski definition) is 1. The molecule has 2 fully saturated rings. The number of amides is 2. The molecule has 3 heterocycles. The predicted molar refractivity (Wildman–Crippen MR) is 105 cm³/mol. The summed E-state index contributed by atoms with van der Waals surface area (Å²) in [5.74, 6) is 0.422. The van der Waals surface area contributed by atoms with Crippen molar-refractivity contribution in [3.8, 4) is 0 Å². The minimum absolute atomic E-state index is 0.0432. The summed E-state index contributed by atoms with van der Waals surface area (Å²) >= 11 is 0. The zero-order valence-electron chi connectivity index (χ0n) is 16.8. The van der Waals surface area contributed by atoms with Gasteiger partial charge < -0.3 is 24.8 Å². The first-order valence-corrected chi connectivity index (χ1v) is 10.1. The molecule has 1 aromatic rings. The molecule has 0 saturated carbocycles. The van der Waals surface area contributed by atoms with Gasteiger partial charge in [-0.3, -0.25) is 4.79 Å². The fourth-order valence-corrected chi connectivity index (χ4v) is 3.58. The second kappa shape index (κ2) is 9.68. The van der Waals surface area contributed by atoms with Gasteiger partial charge in [0, 0.05) is 51.5 Å². The molecule has 0 aliphatic carbocycles. The highest BCUT2D eigenvalue weighted by molar-refractivity contribution is 5.92. The maximum atomic E-state index is 12.7. The molecule has 1 aromatic heterocycles. The molecule has 9 nitrogen and oxygen atoms in total. The molecule has 0 bridgehead atoms. The lowest BCUT2D eigenvalue weighted by atomic mass is 10.1. The normalized spacial score (nSPS) is 18.8. The number of nitrogens with one attached hydrogen (secondary N) is 1. The number of piperidine rings is 1. The Bertz CT molecular complexity index is 669. The molecule has 1 N–H and O–H groups in total. The average Bonchev–Trinajstić information content (AvgIpc) is 2.74. The topological polar surface area (TPSA) is 90.9 Å². The van der Waals surface area contributed by atoms with Gasteiger partial charge in [-0.15, -0.1) is 0 Å². The molecule has 0 aromatic carbocycles. The fraction of sp³-hybridized carbons (Fsp3) is 0.684. The Morgan fingerprint density at radius 3 is 2.46 bits per heavy atom. The molecule has 0 radical (unpaired) electrons. The molecule has 2 saturated heterocycles. The van der Waals surface area contributed by atoms with Crippen LogP contribution in [0.1, 0.15) is 37.2 Å². The fourth-order valence-electron chi connectivity index (χ4n) is 3.58. The summed E-state index contributed by atoms with van der Waals surface area (Å²) in [4.78, 5) is 39.1. The van der Waals surface area contributed by atoms with Crippen LogP contribution in [0.3, 0.4) is 0 Å². The van der Waals surface area contributed by atoms with E-state index in [-0.39, 0.29) is 18.0 Å². The maximum Gasteiger partial charge on any atom is 0.409 e. The molecular formula is C19H30N6O3. The van der Waals surface area contributed by atoms with Crippen LogP contribution in [0.25, 0.3) is 0 Å². The summed E-state index contributed by atoms with van der Waals surface area (Å²) in [6.07, 6.45) is 2.95. The van der Waals surface area contributed by atoms with Crippen molar-refractivity contribution in [3.05, 3.63) is 18.0 Å². The zero-order chi connectivity index (χ0) is 19.9. The number of likely N-dealkylation sites (tertiary alicyclic amines) is 1. The molecule has 0 spiro atoms. The number of hydrogen-bond acceptors (Lipinski definition) is 7. The number of aromatic nitrogens is 2. The van der Waals surface area contributed by atoms with E-state index in [9.17, 15) is 9.59 Å². The Kier molecular flexibility index (Phi) is 7.02. The number of ether oxygens (including phenoxy) is 1. The molecule has 154 valence electrons. The van der Waals surface area contributed by atoms with Crippen LogP contribution in [0.4, 0.5) is 10.7 Å². The number of anilines is 1. The molecule has 28 heavy (non-hydrogen) atoms. The first-order chi connectivity index (χ1) is 13.6. The Morgan fingerprint density at radius 1 is 1.11 bits per heavy atom. The summed E-state index contributed by atoms with van der Waals surface area (Å²) < 4.78 is 5.05. The van der Waals surface area contributed by atoms with Gasteiger partial charge in [0.1, 0.15) is 5.69 Å². The minimum atomic E-state index is -0.257. The van der Waals surface area contributed by atoms with Gasteiger partial charge >= 0.3 is 6.09 Å². The number of piperazine rings is 1. The van der Waals surface area contributed by atoms with Crippen molar-refractivity contribution >= 4 is 17.9 Å². The first kappa shape index (κ1) is 20.3. The molecule has 2 amide bonds. The van der Waals surface area contributed by atoms with E-state index in [4.69, 9.17) is 4.74 Å². The third-order valence-electron chi connectivity index (χ3n) is 5.34. The molecule has 2 aliphatic heterocycles. The van der Waals surface area contributed by atoms with E-state index in [1.807, 2.05) is 11.8 Å². The van der Waals surface area contributed by atoms with Gasteiger partial charge in [-0.1, -0.05) is 6.92 Å². The Balaban J connectivity index is 1.53. The molecular weight excluding hydrogens is 360 g/mol. The number of carbonyl (C=O) groups is 2. The van der Waals surface area contributed by atoms with Crippen molar-refractivity contribution in [1.29, 1.82) is 0 Å². The third-order valence-corrected chi connectivity index (χ3v) is 5.34. The van der Waals surface area contributed by atoms with Crippen molar-refractivity contribution in [3.63, 3.8) is 0 Å². The van der Waals surface area contributed by atoms with Crippen LogP contribution in [0.5, 0.6) is 0 Å². The van der Waals surface area contributed by atoms with Gasteiger partial charge in [0.25, 0.3) is 5.91 Å². The van der Waals surface area contributed by atoms with Crippen LogP contribution in [0, 0.1) is 0 Å². The van der Waals surface area contributed by atoms with Crippen molar-refractivity contribution in [2.45, 2.75) is 32.7 Å². The van der Waals surface area contributed by atoms with Gasteiger partial charge in [-0.05, 0) is 32.4 Å². The van der Waals surface area contributed by atoms with E-state index in [1.165, 1.54) is 0 Å². The highest BCUT2D eigenvalue weighted by Gasteiger charge is 2.25. The number of nitrogens with zero attached hydrogens (tertiary/aromatic N) is 5. The average molecular weight is 390 g/mol. The largest absolute Gasteiger partial charge is 0.450 e. The summed E-state index contributed by atoms with van der Waals surface area (Å²) in [5, 5.41) is 3.31. The van der Waals surface area contributed by atoms with Gasteiger partial charge in [0.2, 0.25) is 5.95 Å². The zero-order valence-corrected chi connectivity index (χ0v) is 16.8. The second-order valence-corrected chi connectivity index (χ2v) is 7.10. The molecule has 3 rings (SSSR count). The van der Waals surface area contributed by atoms with E-state index < -0.39 is 0 Å². The van der Waals surface area contributed by atoms with Crippen molar-refractivity contribution < 1.29 is 14.3 Å². The standard InChI is InChI=1S/C19H30N6O3/c1-3-23-11-13-24(14-12-23)17(26)16-5-8-20-18(22-16)21-15-6-9-25(10-7-15)19(27)28-4-2/h5,8,15H,3-4,6-7,9-14H2,1-2H3,(H,20,21,22). The summed E-state index contributed by atoms with van der Waals surface area (Å²) in [6.45, 7) is 9.87. The van der Waals surface area contributed by atoms with E-state index in [0.717, 1.165) is 45.6 Å². The van der Waals surface area contributed by atoms with Gasteiger partial charge in [0.05, 0.1) is 6.61 Å². The van der Waals surface area contributed by atoms with Crippen molar-refractivity contribution in [1.82, 2.24) is 24.7 Å². The maximum absolute atomic E-state index is 12.7. The van der Waals surface area contributed by atoms with Crippen LogP contribution >= 0.6 is 0 Å². The van der Waals surface area contributed by atoms with E-state index in [0.29, 0.717) is 31.3 Å². The lowest BCUT2D eigenvalue weighted by Gasteiger charge is -2.34. The number of rotatable bonds is 5. The molecule has 2 aliphatic rings. The summed E-state index contributed by atoms with van der Waals surface area (Å²) in [5.41, 5.74) is 0.423. The minimum Gasteiger partial charge on any atom is -0.450 e. The van der Waals surface area contributed by atoms with Crippen LogP contribution in [0.2, 0.25) is 0 Å². The monoisotopic (exact) mass is 390 g/mol. The molecule has 0 unspecified atom stereocenters. The first-order valence-electron chi connectivity index (χ1n) is 10.1. The highest BCUT2D eigenvalue weighted by Crippen LogP contribution is 2.16. The van der Waals surface area contributed by atoms with Crippen LogP contribution < -0.4 is 5.32 Å². The van der Waals surface area contributed by atoms with E-state index >= 15 is 0 Å². The lowest BCUT2D eigenvalue weighted by molar-refractivity contribution is 0.0637. The van der Waals surface area contributed by atoms with Gasteiger partial charge in [-0.25, -0.2) is 14.8 Å². The van der Waals surface area contributed by atoms with E-state index in [2.05, 4.69) is 27.1 Å².